The number of carboxylic acid groups (broad SMARTS) is 1. The minimum absolute atomic E-state index is 0.0428. The van der Waals surface area contributed by atoms with Crippen molar-refractivity contribution < 1.29 is 14.6 Å². The van der Waals surface area contributed by atoms with Crippen LogP contribution in [0.2, 0.25) is 0 Å². The summed E-state index contributed by atoms with van der Waals surface area (Å²) in [7, 11) is 1.61. The van der Waals surface area contributed by atoms with Gasteiger partial charge >= 0.3 is 5.97 Å². The number of nitrogens with one attached hydrogen (secondary N) is 1. The van der Waals surface area contributed by atoms with Crippen LogP contribution in [0.3, 0.4) is 0 Å². The zero-order chi connectivity index (χ0) is 12.8. The topological polar surface area (TPSA) is 58.6 Å². The molecule has 1 aromatic rings. The van der Waals surface area contributed by atoms with Gasteiger partial charge in [0.25, 0.3) is 0 Å². The van der Waals surface area contributed by atoms with Crippen LogP contribution in [0, 0.1) is 0 Å². The number of methoxy groups -OCH3 is 1. The Balaban J connectivity index is 2.60. The van der Waals surface area contributed by atoms with E-state index in [1.165, 1.54) is 0 Å². The van der Waals surface area contributed by atoms with E-state index in [0.717, 1.165) is 11.3 Å². The van der Waals surface area contributed by atoms with Crippen LogP contribution < -0.4 is 10.1 Å². The van der Waals surface area contributed by atoms with E-state index in [4.69, 9.17) is 9.84 Å². The highest BCUT2D eigenvalue weighted by molar-refractivity contribution is 5.86. The number of benzene rings is 1. The Morgan fingerprint density at radius 1 is 1.59 bits per heavy atom. The summed E-state index contributed by atoms with van der Waals surface area (Å²) in [6.07, 6.45) is 0. The molecule has 0 fully saturated rings. The number of rotatable bonds is 6. The van der Waals surface area contributed by atoms with Crippen molar-refractivity contribution in [2.75, 3.05) is 13.7 Å². The van der Waals surface area contributed by atoms with E-state index < -0.39 is 5.97 Å². The second-order valence-corrected chi connectivity index (χ2v) is 3.79. The van der Waals surface area contributed by atoms with Crippen molar-refractivity contribution in [3.05, 3.63) is 42.0 Å². The molecule has 0 aliphatic rings. The molecule has 4 nitrogen and oxygen atoms in total. The minimum atomic E-state index is -0.977. The Kier molecular flexibility index (Phi) is 4.72. The smallest absolute Gasteiger partial charge is 0.332 e. The van der Waals surface area contributed by atoms with Crippen LogP contribution in [0.4, 0.5) is 0 Å². The monoisotopic (exact) mass is 235 g/mol. The highest BCUT2D eigenvalue weighted by Gasteiger charge is 2.08. The van der Waals surface area contributed by atoms with E-state index >= 15 is 0 Å². The van der Waals surface area contributed by atoms with Gasteiger partial charge in [-0.25, -0.2) is 4.79 Å². The van der Waals surface area contributed by atoms with E-state index in [-0.39, 0.29) is 18.2 Å². The van der Waals surface area contributed by atoms with E-state index in [1.54, 1.807) is 7.11 Å². The molecule has 1 atom stereocenters. The molecule has 1 aromatic carbocycles. The van der Waals surface area contributed by atoms with Crippen molar-refractivity contribution in [2.45, 2.75) is 13.0 Å². The molecule has 0 saturated heterocycles. The summed E-state index contributed by atoms with van der Waals surface area (Å²) in [4.78, 5) is 10.6. The van der Waals surface area contributed by atoms with Gasteiger partial charge in [0.1, 0.15) is 5.75 Å². The molecule has 0 aromatic heterocycles. The summed E-state index contributed by atoms with van der Waals surface area (Å²) in [5, 5.41) is 11.8. The van der Waals surface area contributed by atoms with Gasteiger partial charge in [0.2, 0.25) is 0 Å². The van der Waals surface area contributed by atoms with Gasteiger partial charge < -0.3 is 15.2 Å². The Labute approximate surface area is 101 Å². The maximum Gasteiger partial charge on any atom is 0.332 e. The predicted octanol–water partition coefficient (Wildman–Crippen LogP) is 1.99. The molecule has 92 valence electrons. The lowest BCUT2D eigenvalue weighted by Crippen LogP contribution is -2.23. The summed E-state index contributed by atoms with van der Waals surface area (Å²) in [5.41, 5.74) is 1.20. The molecule has 1 rings (SSSR count). The maximum atomic E-state index is 10.6. The molecule has 0 aliphatic heterocycles. The third-order valence-electron chi connectivity index (χ3n) is 2.52. The zero-order valence-electron chi connectivity index (χ0n) is 10.1. The summed E-state index contributed by atoms with van der Waals surface area (Å²) in [6.45, 7) is 5.69. The highest BCUT2D eigenvalue weighted by Crippen LogP contribution is 2.18. The number of hydrogen-bond acceptors (Lipinski definition) is 3. The van der Waals surface area contributed by atoms with E-state index in [2.05, 4.69) is 11.9 Å². The van der Waals surface area contributed by atoms with Crippen molar-refractivity contribution in [1.29, 1.82) is 0 Å². The largest absolute Gasteiger partial charge is 0.497 e. The predicted molar refractivity (Wildman–Crippen MR) is 66.2 cm³/mol. The molecule has 17 heavy (non-hydrogen) atoms. The van der Waals surface area contributed by atoms with Crippen molar-refractivity contribution >= 4 is 5.97 Å². The maximum absolute atomic E-state index is 10.6. The highest BCUT2D eigenvalue weighted by atomic mass is 16.5. The van der Waals surface area contributed by atoms with Crippen molar-refractivity contribution in [3.8, 4) is 5.75 Å². The molecule has 0 bridgehead atoms. The first-order valence-electron chi connectivity index (χ1n) is 5.33. The number of carboxylic acids is 1. The van der Waals surface area contributed by atoms with Gasteiger partial charge in [0.05, 0.1) is 7.11 Å². The van der Waals surface area contributed by atoms with Gasteiger partial charge in [-0.1, -0.05) is 18.7 Å². The molecule has 0 heterocycles. The van der Waals surface area contributed by atoms with Gasteiger partial charge in [-0.05, 0) is 24.6 Å². The third-order valence-corrected chi connectivity index (χ3v) is 2.52. The van der Waals surface area contributed by atoms with Gasteiger partial charge in [-0.2, -0.15) is 0 Å². The fourth-order valence-electron chi connectivity index (χ4n) is 1.38. The average molecular weight is 235 g/mol. The third kappa shape index (κ3) is 3.92. The van der Waals surface area contributed by atoms with Crippen molar-refractivity contribution in [3.63, 3.8) is 0 Å². The van der Waals surface area contributed by atoms with Crippen LogP contribution in [-0.4, -0.2) is 24.7 Å². The summed E-state index contributed by atoms with van der Waals surface area (Å²) >= 11 is 0. The van der Waals surface area contributed by atoms with Crippen LogP contribution in [-0.2, 0) is 4.79 Å². The zero-order valence-corrected chi connectivity index (χ0v) is 10.1. The fourth-order valence-corrected chi connectivity index (χ4v) is 1.38. The lowest BCUT2D eigenvalue weighted by atomic mass is 10.1. The molecule has 0 unspecified atom stereocenters. The van der Waals surface area contributed by atoms with Crippen LogP contribution in [0.15, 0.2) is 36.4 Å². The SMILES string of the molecule is C=C(CN[C@H](C)c1cccc(OC)c1)C(=O)O. The minimum Gasteiger partial charge on any atom is -0.497 e. The molecule has 2 N–H and O–H groups in total. The normalized spacial score (nSPS) is 11.9. The molecule has 0 spiro atoms. The van der Waals surface area contributed by atoms with Crippen molar-refractivity contribution in [2.24, 2.45) is 0 Å². The standard InChI is InChI=1S/C13H17NO3/c1-9(13(15)16)8-14-10(2)11-5-4-6-12(7-11)17-3/h4-7,10,14H,1,8H2,2-3H3,(H,15,16)/t10-/m1/s1. The molecule has 4 heteroatoms. The second kappa shape index (κ2) is 6.06. The van der Waals surface area contributed by atoms with E-state index in [9.17, 15) is 4.79 Å². The van der Waals surface area contributed by atoms with Gasteiger partial charge in [0, 0.05) is 18.2 Å². The van der Waals surface area contributed by atoms with E-state index in [0.29, 0.717) is 0 Å². The first-order valence-corrected chi connectivity index (χ1v) is 5.33. The Bertz CT molecular complexity index is 415. The number of aliphatic carboxylic acids is 1. The van der Waals surface area contributed by atoms with Gasteiger partial charge in [-0.15, -0.1) is 0 Å². The number of hydrogen-bond donors (Lipinski definition) is 2. The second-order valence-electron chi connectivity index (χ2n) is 3.79. The number of ether oxygens (including phenoxy) is 1. The average Bonchev–Trinajstić information content (AvgIpc) is 2.35. The summed E-state index contributed by atoms with van der Waals surface area (Å²) < 4.78 is 5.13. The Morgan fingerprint density at radius 3 is 2.88 bits per heavy atom. The fraction of sp³-hybridized carbons (Fsp3) is 0.308. The molecule has 0 radical (unpaired) electrons. The quantitative estimate of drug-likeness (QED) is 0.740. The first-order chi connectivity index (χ1) is 8.04. The molecular formula is C13H17NO3. The Hall–Kier alpha value is -1.81. The molecule has 0 amide bonds. The Morgan fingerprint density at radius 2 is 2.29 bits per heavy atom. The van der Waals surface area contributed by atoms with Crippen LogP contribution in [0.5, 0.6) is 5.75 Å². The van der Waals surface area contributed by atoms with Crippen molar-refractivity contribution in [1.82, 2.24) is 5.32 Å². The van der Waals surface area contributed by atoms with Gasteiger partial charge in [0.15, 0.2) is 0 Å². The van der Waals surface area contributed by atoms with Crippen LogP contribution >= 0.6 is 0 Å². The first kappa shape index (κ1) is 13.3. The molecule has 0 aliphatic carbocycles. The summed E-state index contributed by atoms with van der Waals surface area (Å²) in [6, 6.07) is 7.69. The molecule has 0 saturated carbocycles. The van der Waals surface area contributed by atoms with Crippen LogP contribution in [0.1, 0.15) is 18.5 Å². The molecular weight excluding hydrogens is 218 g/mol. The van der Waals surface area contributed by atoms with Gasteiger partial charge in [-0.3, -0.25) is 0 Å². The van der Waals surface area contributed by atoms with Crippen LogP contribution in [0.25, 0.3) is 0 Å². The number of carbonyl (C=O) groups is 1. The lowest BCUT2D eigenvalue weighted by Gasteiger charge is -2.15. The lowest BCUT2D eigenvalue weighted by molar-refractivity contribution is -0.132. The van der Waals surface area contributed by atoms with E-state index in [1.807, 2.05) is 31.2 Å². The summed E-state index contributed by atoms with van der Waals surface area (Å²) in [5.74, 6) is -0.191.